The maximum absolute atomic E-state index is 15.0. The molecule has 0 N–H and O–H groups in total. The van der Waals surface area contributed by atoms with Crippen LogP contribution in [-0.2, 0) is 28.2 Å². The molecule has 0 aromatic heterocycles. The van der Waals surface area contributed by atoms with E-state index in [0.717, 1.165) is 12.8 Å². The smallest absolute Gasteiger partial charge is 0.147 e. The topological polar surface area (TPSA) is 0 Å². The molecule has 328 valence electrons. The molecule has 0 saturated heterocycles. The number of benzene rings is 4. The van der Waals surface area contributed by atoms with E-state index in [0.29, 0.717) is 11.8 Å². The fourth-order valence-electron chi connectivity index (χ4n) is 12.2. The minimum absolute atomic E-state index is 0. The molecule has 2 atom stereocenters. The van der Waals surface area contributed by atoms with Crippen LogP contribution in [0, 0.1) is 11.8 Å². The summed E-state index contributed by atoms with van der Waals surface area (Å²) in [5, 5.41) is 0. The summed E-state index contributed by atoms with van der Waals surface area (Å²) in [4.78, 5) is 0. The molecule has 0 amide bonds. The number of hydrogen-bond acceptors (Lipinski definition) is 0. The third-order valence-corrected chi connectivity index (χ3v) is 38.2. The summed E-state index contributed by atoms with van der Waals surface area (Å²) < 4.78 is 47.8. The maximum Gasteiger partial charge on any atom is -0.147 e. The Kier molecular flexibility index (Phi) is 14.3. The van der Waals surface area contributed by atoms with Gasteiger partial charge in [-0.15, -0.1) is 24.8 Å². The van der Waals surface area contributed by atoms with Crippen LogP contribution in [0.4, 0.5) is 13.2 Å². The average Bonchev–Trinajstić information content (AvgIpc) is 4.01. The van der Waals surface area contributed by atoms with Crippen molar-refractivity contribution in [2.45, 2.75) is 145 Å². The normalized spacial score (nSPS) is 19.9. The number of allylic oxidation sites excluding steroid dienone is 2. The molecule has 0 bridgehead atoms. The van der Waals surface area contributed by atoms with Crippen molar-refractivity contribution in [2.24, 2.45) is 11.8 Å². The van der Waals surface area contributed by atoms with Crippen molar-refractivity contribution in [1.29, 1.82) is 0 Å². The van der Waals surface area contributed by atoms with E-state index < -0.39 is 30.0 Å². The van der Waals surface area contributed by atoms with Crippen LogP contribution >= 0.6 is 24.8 Å². The van der Waals surface area contributed by atoms with E-state index in [1.807, 2.05) is 0 Å². The Morgan fingerprint density at radius 3 is 1.25 bits per heavy atom. The van der Waals surface area contributed by atoms with Crippen molar-refractivity contribution in [2.75, 3.05) is 0 Å². The molecular weight excluding hydrogens is 896 g/mol. The Morgan fingerprint density at radius 2 is 0.918 bits per heavy atom. The minimum Gasteiger partial charge on any atom is -0.147 e. The van der Waals surface area contributed by atoms with Gasteiger partial charge in [-0.3, -0.25) is 0 Å². The van der Waals surface area contributed by atoms with E-state index in [9.17, 15) is 13.2 Å². The van der Waals surface area contributed by atoms with E-state index in [4.69, 9.17) is 0 Å². The SMILES string of the molecule is CC(C)(C)c1ccc(-c2cccc3c2C=C(CC2CCCC2)[CH]3[Zr]([CH3])(=[SiH2])([CH2]CC(F)(F)F)[CH]2C(CC3CCCC3)=Cc3c(-c4ccc(C(C)(C)C)cc4)cccc32)cc1.Cl.Cl. The van der Waals surface area contributed by atoms with Gasteiger partial charge >= 0.3 is 358 Å². The van der Waals surface area contributed by atoms with Crippen molar-refractivity contribution in [1.82, 2.24) is 0 Å². The molecule has 8 rings (SSSR count). The molecular formula is C54H69Cl2F3SiZr. The molecule has 0 radical (unpaired) electrons. The van der Waals surface area contributed by atoms with Crippen molar-refractivity contribution < 1.29 is 30.6 Å². The molecule has 61 heavy (non-hydrogen) atoms. The van der Waals surface area contributed by atoms with Gasteiger partial charge in [0.2, 0.25) is 0 Å². The zero-order valence-corrected chi connectivity index (χ0v) is 43.2. The van der Waals surface area contributed by atoms with Gasteiger partial charge in [0.1, 0.15) is 0 Å². The molecule has 0 heterocycles. The maximum atomic E-state index is 15.0. The third kappa shape index (κ3) is 9.77. The van der Waals surface area contributed by atoms with Crippen LogP contribution in [0.5, 0.6) is 0 Å². The molecule has 0 spiro atoms. The summed E-state index contributed by atoms with van der Waals surface area (Å²) >= 11 is -4.80. The van der Waals surface area contributed by atoms with Crippen LogP contribution in [0.3, 0.4) is 0 Å². The van der Waals surface area contributed by atoms with Gasteiger partial charge in [0.25, 0.3) is 0 Å². The quantitative estimate of drug-likeness (QED) is 0.139. The molecule has 4 aromatic rings. The van der Waals surface area contributed by atoms with Gasteiger partial charge in [-0.2, -0.15) is 0 Å². The second kappa shape index (κ2) is 18.0. The number of hydrogen-bond donors (Lipinski definition) is 0. The molecule has 7 heteroatoms. The van der Waals surface area contributed by atoms with E-state index in [-0.39, 0.29) is 47.0 Å². The number of alkyl halides is 3. The van der Waals surface area contributed by atoms with Crippen LogP contribution in [0.15, 0.2) is 96.1 Å². The standard InChI is InChI=1S/2C25H29.C3H4F3.CH3.2ClH.H2Si.Zr/c2*1-25(2,3)22-13-11-20(12-14-22)23-10-6-9-21-16-19(17-24(21)23)15-18-7-4-5-8-18;1-2-3(4,5)6;;;;;/h2*6,9-14,16-18H,4-5,7-8,15H2,1-3H3;1-2H2;1H3;2*1H;1H2;. The summed E-state index contributed by atoms with van der Waals surface area (Å²) in [5.41, 5.74) is 15.6. The van der Waals surface area contributed by atoms with Gasteiger partial charge in [0.15, 0.2) is 0 Å². The first-order valence-corrected chi connectivity index (χ1v) is 35.8. The Hall–Kier alpha value is -2.17. The Morgan fingerprint density at radius 1 is 0.557 bits per heavy atom. The van der Waals surface area contributed by atoms with Crippen molar-refractivity contribution in [3.8, 4) is 22.3 Å². The summed E-state index contributed by atoms with van der Waals surface area (Å²) in [5.74, 6) is 1.20. The summed E-state index contributed by atoms with van der Waals surface area (Å²) in [6, 6.07) is 31.8. The minimum atomic E-state index is -4.80. The van der Waals surface area contributed by atoms with Crippen molar-refractivity contribution >= 4 is 43.8 Å². The Labute approximate surface area is 380 Å². The van der Waals surface area contributed by atoms with Crippen molar-refractivity contribution in [3.63, 3.8) is 0 Å². The first-order chi connectivity index (χ1) is 27.8. The van der Waals surface area contributed by atoms with Crippen LogP contribution < -0.4 is 0 Å². The number of halogens is 5. The molecule has 2 fully saturated rings. The van der Waals surface area contributed by atoms with Gasteiger partial charge in [-0.25, -0.2) is 0 Å². The molecule has 2 unspecified atom stereocenters. The van der Waals surface area contributed by atoms with Gasteiger partial charge in [0, 0.05) is 0 Å². The molecule has 2 saturated carbocycles. The van der Waals surface area contributed by atoms with Gasteiger partial charge in [-0.05, 0) is 0 Å². The van der Waals surface area contributed by atoms with Crippen LogP contribution in [0.2, 0.25) is 8.76 Å². The zero-order valence-electron chi connectivity index (χ0n) is 37.7. The second-order valence-electron chi connectivity index (χ2n) is 21.9. The fraction of sp³-hybridized carbons (Fsp3) is 0.481. The number of rotatable bonds is 10. The summed E-state index contributed by atoms with van der Waals surface area (Å²) in [6.07, 6.45) is 12.0. The largest absolute Gasteiger partial charge is 0.147 e. The predicted octanol–water partition coefficient (Wildman–Crippen LogP) is 16.9. The van der Waals surface area contributed by atoms with E-state index in [2.05, 4.69) is 150 Å². The molecule has 4 aromatic carbocycles. The van der Waals surface area contributed by atoms with E-state index >= 15 is 0 Å². The van der Waals surface area contributed by atoms with E-state index in [1.54, 1.807) is 0 Å². The Balaban J connectivity index is 0.00000311. The van der Waals surface area contributed by atoms with E-state index in [1.165, 1.54) is 118 Å². The van der Waals surface area contributed by atoms with Crippen LogP contribution in [-0.4, -0.2) is 13.1 Å². The van der Waals surface area contributed by atoms with Gasteiger partial charge < -0.3 is 0 Å². The first-order valence-electron chi connectivity index (χ1n) is 22.8. The van der Waals surface area contributed by atoms with Crippen LogP contribution in [0.1, 0.15) is 153 Å². The Bertz CT molecular complexity index is 2180. The van der Waals surface area contributed by atoms with Gasteiger partial charge in [0.05, 0.1) is 0 Å². The summed E-state index contributed by atoms with van der Waals surface area (Å²) in [6.45, 7) is 15.7. The third-order valence-electron chi connectivity index (χ3n) is 15.3. The predicted molar refractivity (Wildman–Crippen MR) is 260 cm³/mol. The first kappa shape index (κ1) is 48.3. The second-order valence-corrected chi connectivity index (χ2v) is 50.3. The molecule has 0 aliphatic heterocycles. The number of fused-ring (bicyclic) bond motifs is 2. The zero-order chi connectivity index (χ0) is 42.0. The van der Waals surface area contributed by atoms with Gasteiger partial charge in [-0.1, -0.05) is 0 Å². The molecule has 4 aliphatic rings. The average molecular weight is 965 g/mol. The monoisotopic (exact) mass is 962 g/mol. The summed E-state index contributed by atoms with van der Waals surface area (Å²) in [7, 11) is 0. The van der Waals surface area contributed by atoms with Crippen LogP contribution in [0.25, 0.3) is 34.4 Å². The molecule has 4 aliphatic carbocycles. The fourth-order valence-corrected chi connectivity index (χ4v) is 35.9. The van der Waals surface area contributed by atoms with Crippen molar-refractivity contribution in [3.05, 3.63) is 129 Å². The molecule has 0 nitrogen and oxygen atoms in total.